The number of amides is 6. The molecule has 6 atom stereocenters. The number of hydrogen-bond acceptors (Lipinski definition) is 9. The fourth-order valence-electron chi connectivity index (χ4n) is 9.35. The summed E-state index contributed by atoms with van der Waals surface area (Å²) in [5.74, 6) is -1.55. The van der Waals surface area contributed by atoms with Crippen molar-refractivity contribution in [2.45, 2.75) is 129 Å². The van der Waals surface area contributed by atoms with Crippen LogP contribution in [0.15, 0.2) is 72.8 Å². The van der Waals surface area contributed by atoms with Gasteiger partial charge in [0.15, 0.2) is 0 Å². The summed E-state index contributed by atoms with van der Waals surface area (Å²) in [4.78, 5) is 84.1. The predicted molar refractivity (Wildman–Crippen MR) is 250 cm³/mol. The first-order chi connectivity index (χ1) is 30.9. The standard InChI is InChI=1S/C50H67N7O8/c1-30(2)42(53-48(62)64-8)46(60)55-28-10-12-40(55)44(58)51-35-20-14-32(15-21-35)38-26-27-39(57(38)37-24-18-34(19-25-37)50(5,6)7)33-16-22-36(23-17-33)52-45(59)41-13-11-29-56(41)47(61)43(31(3)4)54-49(63)65-9/h14-25,30-31,38-43H,10-13,26-29H2,1-9H3,(H,51,58)(H,52,59)(H,53,62)(H,54,63)/t38-,39+,40-,41-,42-,43-/m0/s1. The van der Waals surface area contributed by atoms with Gasteiger partial charge in [0.1, 0.15) is 24.2 Å². The molecule has 3 heterocycles. The second-order valence-corrected chi connectivity index (χ2v) is 19.1. The minimum atomic E-state index is -0.814. The summed E-state index contributed by atoms with van der Waals surface area (Å²) in [7, 11) is 2.50. The molecule has 0 radical (unpaired) electrons. The van der Waals surface area contributed by atoms with Crippen LogP contribution >= 0.6 is 0 Å². The van der Waals surface area contributed by atoms with Gasteiger partial charge in [-0.1, -0.05) is 84.9 Å². The third-order valence-corrected chi connectivity index (χ3v) is 13.0. The average molecular weight is 894 g/mol. The van der Waals surface area contributed by atoms with Gasteiger partial charge in [-0.3, -0.25) is 19.2 Å². The molecule has 350 valence electrons. The van der Waals surface area contributed by atoms with Gasteiger partial charge in [-0.2, -0.15) is 0 Å². The van der Waals surface area contributed by atoms with Gasteiger partial charge in [0, 0.05) is 30.2 Å². The topological polar surface area (TPSA) is 179 Å². The number of ether oxygens (including phenoxy) is 2. The van der Waals surface area contributed by atoms with Crippen molar-refractivity contribution in [3.8, 4) is 0 Å². The largest absolute Gasteiger partial charge is 0.453 e. The van der Waals surface area contributed by atoms with E-state index < -0.39 is 36.4 Å². The number of carbonyl (C=O) groups is 6. The molecule has 3 aromatic carbocycles. The normalized spacial score (nSPS) is 20.6. The van der Waals surface area contributed by atoms with Crippen LogP contribution in [-0.2, 0) is 34.1 Å². The molecule has 0 bridgehead atoms. The van der Waals surface area contributed by atoms with Crippen molar-refractivity contribution in [2.24, 2.45) is 11.8 Å². The van der Waals surface area contributed by atoms with E-state index in [2.05, 4.69) is 95.5 Å². The van der Waals surface area contributed by atoms with Gasteiger partial charge in [-0.05, 0) is 109 Å². The van der Waals surface area contributed by atoms with E-state index in [4.69, 9.17) is 9.47 Å². The molecule has 3 aliphatic heterocycles. The van der Waals surface area contributed by atoms with Gasteiger partial charge in [0.05, 0.1) is 26.3 Å². The fraction of sp³-hybridized carbons (Fsp3) is 0.520. The summed E-state index contributed by atoms with van der Waals surface area (Å²) in [6.45, 7) is 14.8. The molecule has 6 rings (SSSR count). The lowest BCUT2D eigenvalue weighted by molar-refractivity contribution is -0.139. The van der Waals surface area contributed by atoms with E-state index in [1.165, 1.54) is 19.8 Å². The second kappa shape index (κ2) is 20.8. The minimum absolute atomic E-state index is 0.0132. The molecule has 6 amide bonds. The van der Waals surface area contributed by atoms with Crippen LogP contribution in [-0.4, -0.2) is 97.1 Å². The summed E-state index contributed by atoms with van der Waals surface area (Å²) >= 11 is 0. The molecule has 0 unspecified atom stereocenters. The Morgan fingerprint density at radius 3 is 1.29 bits per heavy atom. The fourth-order valence-corrected chi connectivity index (χ4v) is 9.35. The van der Waals surface area contributed by atoms with Crippen molar-refractivity contribution in [1.82, 2.24) is 20.4 Å². The molecule has 4 N–H and O–H groups in total. The molecule has 3 aromatic rings. The summed E-state index contributed by atoms with van der Waals surface area (Å²) in [5, 5.41) is 11.3. The lowest BCUT2D eigenvalue weighted by atomic mass is 9.87. The number of nitrogens with zero attached hydrogens (tertiary/aromatic N) is 3. The quantitative estimate of drug-likeness (QED) is 0.134. The van der Waals surface area contributed by atoms with Crippen LogP contribution in [0.5, 0.6) is 0 Å². The number of rotatable bonds is 13. The van der Waals surface area contributed by atoms with Crippen LogP contribution < -0.4 is 26.2 Å². The van der Waals surface area contributed by atoms with E-state index in [0.29, 0.717) is 50.1 Å². The first kappa shape index (κ1) is 48.3. The van der Waals surface area contributed by atoms with Crippen LogP contribution in [0.1, 0.15) is 116 Å². The third-order valence-electron chi connectivity index (χ3n) is 13.0. The van der Waals surface area contributed by atoms with Crippen LogP contribution in [0.4, 0.5) is 26.7 Å². The van der Waals surface area contributed by atoms with Gasteiger partial charge < -0.3 is 45.4 Å². The molecule has 0 saturated carbocycles. The highest BCUT2D eigenvalue weighted by molar-refractivity contribution is 5.99. The summed E-state index contributed by atoms with van der Waals surface area (Å²) in [5.41, 5.74) is 5.75. The molecule has 3 aliphatic rings. The van der Waals surface area contributed by atoms with Crippen molar-refractivity contribution in [3.63, 3.8) is 0 Å². The Balaban J connectivity index is 1.17. The number of carbonyl (C=O) groups excluding carboxylic acids is 6. The number of nitrogens with one attached hydrogen (secondary N) is 4. The zero-order chi connectivity index (χ0) is 47.2. The number of alkyl carbamates (subject to hydrolysis) is 2. The van der Waals surface area contributed by atoms with E-state index in [1.54, 1.807) is 9.80 Å². The Morgan fingerprint density at radius 2 is 0.954 bits per heavy atom. The van der Waals surface area contributed by atoms with Crippen LogP contribution in [0.25, 0.3) is 0 Å². The molecule has 15 heteroatoms. The van der Waals surface area contributed by atoms with Gasteiger partial charge in [0.2, 0.25) is 23.6 Å². The number of anilines is 3. The number of hydrogen-bond donors (Lipinski definition) is 4. The molecule has 15 nitrogen and oxygen atoms in total. The number of methoxy groups -OCH3 is 2. The Labute approximate surface area is 383 Å². The highest BCUT2D eigenvalue weighted by Crippen LogP contribution is 2.47. The Bertz CT molecular complexity index is 2050. The maximum absolute atomic E-state index is 13.7. The van der Waals surface area contributed by atoms with Crippen molar-refractivity contribution in [3.05, 3.63) is 89.5 Å². The molecular formula is C50H67N7O8. The van der Waals surface area contributed by atoms with Crippen LogP contribution in [0.3, 0.4) is 0 Å². The van der Waals surface area contributed by atoms with Crippen LogP contribution in [0.2, 0.25) is 0 Å². The summed E-state index contributed by atoms with van der Waals surface area (Å²) in [6, 6.07) is 21.7. The van der Waals surface area contributed by atoms with Crippen LogP contribution in [0, 0.1) is 11.8 Å². The molecule has 65 heavy (non-hydrogen) atoms. The molecule has 0 aromatic heterocycles. The molecule has 3 fully saturated rings. The monoisotopic (exact) mass is 894 g/mol. The summed E-state index contributed by atoms with van der Waals surface area (Å²) in [6.07, 6.45) is 2.77. The summed E-state index contributed by atoms with van der Waals surface area (Å²) < 4.78 is 9.49. The smallest absolute Gasteiger partial charge is 0.407 e. The van der Waals surface area contributed by atoms with E-state index in [0.717, 1.165) is 29.7 Å². The highest BCUT2D eigenvalue weighted by Gasteiger charge is 2.41. The van der Waals surface area contributed by atoms with Crippen molar-refractivity contribution in [1.29, 1.82) is 0 Å². The van der Waals surface area contributed by atoms with Crippen molar-refractivity contribution in [2.75, 3.05) is 42.8 Å². The molecule has 0 aliphatic carbocycles. The predicted octanol–water partition coefficient (Wildman–Crippen LogP) is 7.69. The van der Waals surface area contributed by atoms with Gasteiger partial charge in [-0.25, -0.2) is 9.59 Å². The van der Waals surface area contributed by atoms with Crippen molar-refractivity contribution < 1.29 is 38.2 Å². The van der Waals surface area contributed by atoms with E-state index in [1.807, 2.05) is 52.0 Å². The van der Waals surface area contributed by atoms with E-state index >= 15 is 0 Å². The lowest BCUT2D eigenvalue weighted by Gasteiger charge is -2.34. The SMILES string of the molecule is COC(=O)N[C@H](C(=O)N1CCC[C@H]1C(=O)Nc1ccc([C@H]2CC[C@@H](c3ccc(NC(=O)[C@@H]4CCCN4C(=O)[C@@H](NC(=O)OC)C(C)C)cc3)N2c2ccc(C(C)(C)C)cc2)cc1)C(C)C. The van der Waals surface area contributed by atoms with E-state index in [-0.39, 0.29) is 53.0 Å². The van der Waals surface area contributed by atoms with Gasteiger partial charge in [-0.15, -0.1) is 0 Å². The maximum atomic E-state index is 13.7. The zero-order valence-electron chi connectivity index (χ0n) is 39.3. The second-order valence-electron chi connectivity index (χ2n) is 19.1. The first-order valence-electron chi connectivity index (χ1n) is 22.9. The Morgan fingerprint density at radius 1 is 0.569 bits per heavy atom. The molecular weight excluding hydrogens is 827 g/mol. The zero-order valence-corrected chi connectivity index (χ0v) is 39.3. The Kier molecular flexibility index (Phi) is 15.5. The lowest BCUT2D eigenvalue weighted by Crippen LogP contribution is -2.54. The average Bonchev–Trinajstić information content (AvgIpc) is 4.08. The number of benzene rings is 3. The van der Waals surface area contributed by atoms with E-state index in [9.17, 15) is 28.8 Å². The maximum Gasteiger partial charge on any atom is 0.407 e. The third kappa shape index (κ3) is 11.2. The molecule has 0 spiro atoms. The Hall–Kier alpha value is -6.12. The first-order valence-corrected chi connectivity index (χ1v) is 22.9. The van der Waals surface area contributed by atoms with Gasteiger partial charge in [0.25, 0.3) is 0 Å². The van der Waals surface area contributed by atoms with Crippen molar-refractivity contribution >= 4 is 52.9 Å². The highest BCUT2D eigenvalue weighted by atomic mass is 16.5. The molecule has 3 saturated heterocycles. The number of likely N-dealkylation sites (tertiary alicyclic amines) is 2. The van der Waals surface area contributed by atoms with Gasteiger partial charge >= 0.3 is 12.2 Å². The minimum Gasteiger partial charge on any atom is -0.453 e.